The van der Waals surface area contributed by atoms with Gasteiger partial charge in [-0.2, -0.15) is 0 Å². The molecule has 0 radical (unpaired) electrons. The van der Waals surface area contributed by atoms with Crippen molar-refractivity contribution in [3.05, 3.63) is 210 Å². The summed E-state index contributed by atoms with van der Waals surface area (Å²) in [7, 11) is 0. The van der Waals surface area contributed by atoms with E-state index in [1.54, 1.807) is 0 Å². The molecule has 57 heavy (non-hydrogen) atoms. The molecule has 268 valence electrons. The monoisotopic (exact) mass is 724 g/mol. The zero-order valence-corrected chi connectivity index (χ0v) is 32.2. The Morgan fingerprint density at radius 2 is 0.965 bits per heavy atom. The van der Waals surface area contributed by atoms with E-state index < -0.39 is 0 Å². The van der Waals surface area contributed by atoms with Gasteiger partial charge < -0.3 is 0 Å². The van der Waals surface area contributed by atoms with E-state index in [2.05, 4.69) is 209 Å². The van der Waals surface area contributed by atoms with Gasteiger partial charge in [0.2, 0.25) is 0 Å². The minimum atomic E-state index is -0.0154. The Hall–Kier alpha value is -7.02. The Bertz CT molecular complexity index is 3330. The maximum absolute atomic E-state index is 4.18. The zero-order valence-electron chi connectivity index (χ0n) is 32.2. The highest BCUT2D eigenvalue weighted by molar-refractivity contribution is 6.33. The molecule has 1 aliphatic rings. The molecule has 10 aromatic rings. The highest BCUT2D eigenvalue weighted by atomic mass is 14.4. The van der Waals surface area contributed by atoms with Crippen LogP contribution in [0.4, 0.5) is 0 Å². The van der Waals surface area contributed by atoms with Crippen LogP contribution in [0.5, 0.6) is 0 Å². The summed E-state index contributed by atoms with van der Waals surface area (Å²) in [5.74, 6) is 0. The third-order valence-electron chi connectivity index (χ3n) is 12.6. The first-order chi connectivity index (χ1) is 28.0. The van der Waals surface area contributed by atoms with Crippen LogP contribution in [0.3, 0.4) is 0 Å². The van der Waals surface area contributed by atoms with Crippen LogP contribution in [0, 0.1) is 0 Å². The molecule has 0 heteroatoms. The fourth-order valence-corrected chi connectivity index (χ4v) is 9.70. The van der Waals surface area contributed by atoms with Crippen LogP contribution in [0.15, 0.2) is 183 Å². The lowest BCUT2D eigenvalue weighted by atomic mass is 9.81. The van der Waals surface area contributed by atoms with Crippen molar-refractivity contribution < 1.29 is 0 Å². The van der Waals surface area contributed by atoms with Crippen LogP contribution in [-0.2, 0) is 5.41 Å². The van der Waals surface area contributed by atoms with E-state index in [0.717, 1.165) is 11.1 Å². The van der Waals surface area contributed by atoms with Gasteiger partial charge in [-0.15, -0.1) is 0 Å². The van der Waals surface area contributed by atoms with Gasteiger partial charge in [-0.3, -0.25) is 0 Å². The second-order valence-corrected chi connectivity index (χ2v) is 16.1. The van der Waals surface area contributed by atoms with Gasteiger partial charge in [0.05, 0.1) is 0 Å². The summed E-state index contributed by atoms with van der Waals surface area (Å²) in [6.07, 6.45) is 6.44. The van der Waals surface area contributed by atoms with Crippen LogP contribution >= 0.6 is 0 Å². The second kappa shape index (κ2) is 12.8. The lowest BCUT2D eigenvalue weighted by Gasteiger charge is -2.22. The van der Waals surface area contributed by atoms with Crippen LogP contribution in [-0.4, -0.2) is 0 Å². The minimum absolute atomic E-state index is 0.0154. The molecule has 11 rings (SSSR count). The molecule has 0 N–H and O–H groups in total. The van der Waals surface area contributed by atoms with Crippen molar-refractivity contribution in [2.75, 3.05) is 0 Å². The largest absolute Gasteiger partial charge is 0.0984 e. The van der Waals surface area contributed by atoms with E-state index in [4.69, 9.17) is 0 Å². The first-order valence-electron chi connectivity index (χ1n) is 19.9. The van der Waals surface area contributed by atoms with Crippen LogP contribution < -0.4 is 0 Å². The van der Waals surface area contributed by atoms with Gasteiger partial charge in [0.15, 0.2) is 0 Å². The summed E-state index contributed by atoms with van der Waals surface area (Å²) in [5.41, 5.74) is 13.9. The Balaban J connectivity index is 0.963. The summed E-state index contributed by atoms with van der Waals surface area (Å²) in [6.45, 7) is 8.87. The molecule has 0 aromatic heterocycles. The van der Waals surface area contributed by atoms with Crippen LogP contribution in [0.2, 0.25) is 0 Å². The number of hydrogen-bond acceptors (Lipinski definition) is 0. The summed E-state index contributed by atoms with van der Waals surface area (Å²) in [6, 6.07) is 65.3. The standard InChI is InChI=1S/C57H40/c1-4-37-25-28-43(52-35-53-46-15-6-5-13-44(46)45-14-7-9-18-50(45)56(53)51-19-10-8-16-47(51)52)33-39(37)23-21-36-22-24-40-32-41(27-26-38(40)31-36)42-29-30-49-48-17-11-12-20-54(48)57(2,3)55(49)34-42/h4-35H,1H2,2-3H3. The van der Waals surface area contributed by atoms with Crippen molar-refractivity contribution in [3.63, 3.8) is 0 Å². The summed E-state index contributed by atoms with van der Waals surface area (Å²) in [4.78, 5) is 0. The normalized spacial score (nSPS) is 13.2. The molecule has 0 aliphatic heterocycles. The highest BCUT2D eigenvalue weighted by Gasteiger charge is 2.35. The molecular formula is C57H40. The molecule has 0 heterocycles. The van der Waals surface area contributed by atoms with Crippen molar-refractivity contribution in [1.29, 1.82) is 0 Å². The van der Waals surface area contributed by atoms with Gasteiger partial charge in [-0.25, -0.2) is 0 Å². The quantitative estimate of drug-likeness (QED) is 0.122. The Kier molecular flexibility index (Phi) is 7.46. The summed E-state index contributed by atoms with van der Waals surface area (Å²) < 4.78 is 0. The number of rotatable bonds is 5. The topological polar surface area (TPSA) is 0 Å². The molecule has 0 bridgehead atoms. The van der Waals surface area contributed by atoms with Crippen LogP contribution in [0.1, 0.15) is 41.7 Å². The fourth-order valence-electron chi connectivity index (χ4n) is 9.70. The number of benzene rings is 10. The average Bonchev–Trinajstić information content (AvgIpc) is 3.50. The third kappa shape index (κ3) is 5.21. The molecule has 1 aliphatic carbocycles. The molecule has 0 fully saturated rings. The van der Waals surface area contributed by atoms with Gasteiger partial charge in [0, 0.05) is 5.41 Å². The van der Waals surface area contributed by atoms with Gasteiger partial charge in [-0.1, -0.05) is 184 Å². The number of hydrogen-bond donors (Lipinski definition) is 0. The smallest absolute Gasteiger partial charge is 0.0159 e. The SMILES string of the molecule is C=Cc1ccc(-c2cc3c4ccccc4c4ccccc4c3c3ccccc23)cc1C=Cc1ccc2cc(-c3ccc4c(c3)C(C)(C)c3ccccc3-4)ccc2c1. The Morgan fingerprint density at radius 3 is 1.75 bits per heavy atom. The third-order valence-corrected chi connectivity index (χ3v) is 12.6. The van der Waals surface area contributed by atoms with E-state index in [1.165, 1.54) is 104 Å². The van der Waals surface area contributed by atoms with E-state index in [-0.39, 0.29) is 5.41 Å². The minimum Gasteiger partial charge on any atom is -0.0984 e. The van der Waals surface area contributed by atoms with E-state index in [1.807, 2.05) is 6.08 Å². The molecule has 0 saturated heterocycles. The summed E-state index contributed by atoms with van der Waals surface area (Å²) in [5, 5.41) is 12.8. The lowest BCUT2D eigenvalue weighted by Crippen LogP contribution is -2.14. The van der Waals surface area contributed by atoms with E-state index >= 15 is 0 Å². The average molecular weight is 725 g/mol. The van der Waals surface area contributed by atoms with Gasteiger partial charge in [0.1, 0.15) is 0 Å². The molecule has 10 aromatic carbocycles. The Morgan fingerprint density at radius 1 is 0.386 bits per heavy atom. The molecular weight excluding hydrogens is 685 g/mol. The van der Waals surface area contributed by atoms with Gasteiger partial charge in [0.25, 0.3) is 0 Å². The maximum Gasteiger partial charge on any atom is 0.0159 e. The molecule has 0 amide bonds. The first-order valence-corrected chi connectivity index (χ1v) is 19.9. The fraction of sp³-hybridized carbons (Fsp3) is 0.0526. The maximum atomic E-state index is 4.18. The first kappa shape index (κ1) is 33.3. The molecule has 0 atom stereocenters. The van der Waals surface area contributed by atoms with Crippen molar-refractivity contribution in [3.8, 4) is 33.4 Å². The zero-order chi connectivity index (χ0) is 38.3. The molecule has 0 unspecified atom stereocenters. The van der Waals surface area contributed by atoms with Crippen LogP contribution in [0.25, 0.3) is 105 Å². The van der Waals surface area contributed by atoms with E-state index in [0.29, 0.717) is 0 Å². The van der Waals surface area contributed by atoms with Gasteiger partial charge in [-0.05, 0) is 145 Å². The Labute approximate surface area is 333 Å². The predicted molar refractivity (Wildman–Crippen MR) is 248 cm³/mol. The molecule has 0 nitrogen and oxygen atoms in total. The molecule has 0 saturated carbocycles. The summed E-state index contributed by atoms with van der Waals surface area (Å²) >= 11 is 0. The number of fused-ring (bicyclic) bond motifs is 12. The van der Waals surface area contributed by atoms with Crippen molar-refractivity contribution in [2.45, 2.75) is 19.3 Å². The van der Waals surface area contributed by atoms with E-state index in [9.17, 15) is 0 Å². The van der Waals surface area contributed by atoms with Crippen molar-refractivity contribution >= 4 is 72.1 Å². The predicted octanol–water partition coefficient (Wildman–Crippen LogP) is 15.9. The lowest BCUT2D eigenvalue weighted by molar-refractivity contribution is 0.660. The second-order valence-electron chi connectivity index (χ2n) is 16.1. The van der Waals surface area contributed by atoms with Crippen molar-refractivity contribution in [2.24, 2.45) is 0 Å². The molecule has 0 spiro atoms. The highest BCUT2D eigenvalue weighted by Crippen LogP contribution is 2.50. The van der Waals surface area contributed by atoms with Crippen molar-refractivity contribution in [1.82, 2.24) is 0 Å². The van der Waals surface area contributed by atoms with Gasteiger partial charge >= 0.3 is 0 Å².